The molecule has 0 atom stereocenters. The van der Waals surface area contributed by atoms with Crippen LogP contribution in [0.2, 0.25) is 0 Å². The first-order chi connectivity index (χ1) is 11.1. The zero-order chi connectivity index (χ0) is 16.7. The number of quaternary nitrogens is 1. The predicted molar refractivity (Wildman–Crippen MR) is 93.5 cm³/mol. The Morgan fingerprint density at radius 2 is 2.04 bits per heavy atom. The van der Waals surface area contributed by atoms with Crippen LogP contribution in [0.5, 0.6) is 0 Å². The molecule has 0 aliphatic carbocycles. The van der Waals surface area contributed by atoms with Crippen molar-refractivity contribution in [2.75, 3.05) is 39.3 Å². The predicted octanol–water partition coefficient (Wildman–Crippen LogP) is 0.706. The standard InChI is InChI=1S/C17H24BrN3O2/c1-2-3-7-19-16(22)13-20-8-10-21(11-9-20)17(23)14-5-4-6-15(18)12-14/h4-6,12H,2-3,7-11,13H2,1H3,(H,19,22)/p+1. The van der Waals surface area contributed by atoms with Crippen LogP contribution in [0.3, 0.4) is 0 Å². The normalized spacial score (nSPS) is 15.5. The van der Waals surface area contributed by atoms with E-state index in [1.165, 1.54) is 4.90 Å². The summed E-state index contributed by atoms with van der Waals surface area (Å²) < 4.78 is 0.913. The van der Waals surface area contributed by atoms with Crippen LogP contribution in [0.1, 0.15) is 30.1 Å². The molecule has 1 aromatic carbocycles. The van der Waals surface area contributed by atoms with E-state index in [-0.39, 0.29) is 11.8 Å². The molecule has 1 aliphatic heterocycles. The molecule has 2 rings (SSSR count). The van der Waals surface area contributed by atoms with Gasteiger partial charge in [0, 0.05) is 16.6 Å². The molecule has 0 radical (unpaired) electrons. The first kappa shape index (κ1) is 17.9. The van der Waals surface area contributed by atoms with Crippen LogP contribution in [0.4, 0.5) is 0 Å². The van der Waals surface area contributed by atoms with Crippen molar-refractivity contribution in [2.24, 2.45) is 0 Å². The van der Waals surface area contributed by atoms with Gasteiger partial charge in [-0.1, -0.05) is 35.3 Å². The molecule has 5 nitrogen and oxygen atoms in total. The molecule has 0 unspecified atom stereocenters. The molecule has 0 aromatic heterocycles. The third-order valence-electron chi connectivity index (χ3n) is 4.09. The van der Waals surface area contributed by atoms with Crippen molar-refractivity contribution in [3.05, 3.63) is 34.3 Å². The minimum Gasteiger partial charge on any atom is -0.351 e. The van der Waals surface area contributed by atoms with Crippen LogP contribution in [-0.2, 0) is 4.79 Å². The summed E-state index contributed by atoms with van der Waals surface area (Å²) >= 11 is 3.40. The topological polar surface area (TPSA) is 53.9 Å². The summed E-state index contributed by atoms with van der Waals surface area (Å²) in [5, 5.41) is 2.95. The molecule has 1 fully saturated rings. The van der Waals surface area contributed by atoms with Gasteiger partial charge in [-0.2, -0.15) is 0 Å². The maximum absolute atomic E-state index is 12.5. The van der Waals surface area contributed by atoms with E-state index in [1.807, 2.05) is 29.2 Å². The number of carbonyl (C=O) groups excluding carboxylic acids is 2. The molecule has 0 spiro atoms. The van der Waals surface area contributed by atoms with Gasteiger partial charge in [-0.15, -0.1) is 0 Å². The zero-order valence-electron chi connectivity index (χ0n) is 13.6. The minimum atomic E-state index is 0.0674. The second-order valence-corrected chi connectivity index (χ2v) is 6.85. The summed E-state index contributed by atoms with van der Waals surface area (Å²) in [5.41, 5.74) is 0.708. The molecule has 0 saturated carbocycles. The summed E-state index contributed by atoms with van der Waals surface area (Å²) in [6.45, 7) is 6.41. The number of hydrogen-bond donors (Lipinski definition) is 2. The van der Waals surface area contributed by atoms with Crippen molar-refractivity contribution >= 4 is 27.7 Å². The van der Waals surface area contributed by atoms with Crippen molar-refractivity contribution in [2.45, 2.75) is 19.8 Å². The summed E-state index contributed by atoms with van der Waals surface area (Å²) in [7, 11) is 0. The minimum absolute atomic E-state index is 0.0674. The van der Waals surface area contributed by atoms with Gasteiger partial charge < -0.3 is 15.1 Å². The van der Waals surface area contributed by atoms with Gasteiger partial charge >= 0.3 is 0 Å². The Bertz CT molecular complexity index is 542. The maximum Gasteiger partial charge on any atom is 0.275 e. The Hall–Kier alpha value is -1.40. The fourth-order valence-corrected chi connectivity index (χ4v) is 3.10. The molecule has 1 heterocycles. The lowest BCUT2D eigenvalue weighted by Gasteiger charge is -2.32. The van der Waals surface area contributed by atoms with E-state index >= 15 is 0 Å². The number of carbonyl (C=O) groups is 2. The number of halogens is 1. The lowest BCUT2D eigenvalue weighted by atomic mass is 10.2. The van der Waals surface area contributed by atoms with Crippen LogP contribution in [0.25, 0.3) is 0 Å². The number of nitrogens with zero attached hydrogens (tertiary/aromatic N) is 1. The van der Waals surface area contributed by atoms with Crippen molar-refractivity contribution in [1.82, 2.24) is 10.2 Å². The van der Waals surface area contributed by atoms with E-state index in [0.717, 1.165) is 36.9 Å². The number of rotatable bonds is 6. The third-order valence-corrected chi connectivity index (χ3v) is 4.59. The van der Waals surface area contributed by atoms with Gasteiger partial charge in [-0.25, -0.2) is 0 Å². The highest BCUT2D eigenvalue weighted by atomic mass is 79.9. The van der Waals surface area contributed by atoms with Gasteiger partial charge in [0.25, 0.3) is 11.8 Å². The Kier molecular flexibility index (Phi) is 7.05. The van der Waals surface area contributed by atoms with Gasteiger partial charge in [0.15, 0.2) is 6.54 Å². The summed E-state index contributed by atoms with van der Waals surface area (Å²) in [6, 6.07) is 7.48. The van der Waals surface area contributed by atoms with Crippen molar-refractivity contribution < 1.29 is 14.5 Å². The molecule has 1 aromatic rings. The van der Waals surface area contributed by atoms with Crippen LogP contribution in [0, 0.1) is 0 Å². The second kappa shape index (κ2) is 9.03. The quantitative estimate of drug-likeness (QED) is 0.711. The first-order valence-electron chi connectivity index (χ1n) is 8.25. The van der Waals surface area contributed by atoms with Crippen LogP contribution < -0.4 is 10.2 Å². The number of unbranched alkanes of at least 4 members (excludes halogenated alkanes) is 1. The Balaban J connectivity index is 1.77. The van der Waals surface area contributed by atoms with E-state index in [0.29, 0.717) is 25.2 Å². The Labute approximate surface area is 146 Å². The van der Waals surface area contributed by atoms with Crippen molar-refractivity contribution in [1.29, 1.82) is 0 Å². The molecule has 1 aliphatic rings. The number of piperazine rings is 1. The number of benzene rings is 1. The molecular formula is C17H25BrN3O2+. The number of hydrogen-bond acceptors (Lipinski definition) is 2. The maximum atomic E-state index is 12.5. The third kappa shape index (κ3) is 5.62. The Morgan fingerprint density at radius 1 is 1.30 bits per heavy atom. The highest BCUT2D eigenvalue weighted by Gasteiger charge is 2.25. The van der Waals surface area contributed by atoms with Gasteiger partial charge in [0.1, 0.15) is 0 Å². The van der Waals surface area contributed by atoms with E-state index in [9.17, 15) is 9.59 Å². The molecule has 2 N–H and O–H groups in total. The average Bonchev–Trinajstić information content (AvgIpc) is 2.55. The smallest absolute Gasteiger partial charge is 0.275 e. The van der Waals surface area contributed by atoms with E-state index in [2.05, 4.69) is 28.2 Å². The monoisotopic (exact) mass is 382 g/mol. The lowest BCUT2D eigenvalue weighted by Crippen LogP contribution is -3.15. The molecule has 0 bridgehead atoms. The molecule has 23 heavy (non-hydrogen) atoms. The lowest BCUT2D eigenvalue weighted by molar-refractivity contribution is -0.896. The van der Waals surface area contributed by atoms with Gasteiger partial charge in [-0.3, -0.25) is 9.59 Å². The van der Waals surface area contributed by atoms with Gasteiger partial charge in [0.2, 0.25) is 0 Å². The van der Waals surface area contributed by atoms with Crippen molar-refractivity contribution in [3.8, 4) is 0 Å². The fourth-order valence-electron chi connectivity index (χ4n) is 2.70. The molecule has 126 valence electrons. The fraction of sp³-hybridized carbons (Fsp3) is 0.529. The van der Waals surface area contributed by atoms with E-state index in [4.69, 9.17) is 0 Å². The van der Waals surface area contributed by atoms with Crippen LogP contribution >= 0.6 is 15.9 Å². The summed E-state index contributed by atoms with van der Waals surface area (Å²) in [6.07, 6.45) is 2.11. The zero-order valence-corrected chi connectivity index (χ0v) is 15.2. The van der Waals surface area contributed by atoms with Gasteiger partial charge in [0.05, 0.1) is 26.2 Å². The highest BCUT2D eigenvalue weighted by Crippen LogP contribution is 2.13. The van der Waals surface area contributed by atoms with E-state index < -0.39 is 0 Å². The van der Waals surface area contributed by atoms with E-state index in [1.54, 1.807) is 0 Å². The SMILES string of the molecule is CCCCNC(=O)C[NH+]1CCN(C(=O)c2cccc(Br)c2)CC1. The van der Waals surface area contributed by atoms with Crippen molar-refractivity contribution in [3.63, 3.8) is 0 Å². The largest absolute Gasteiger partial charge is 0.351 e. The highest BCUT2D eigenvalue weighted by molar-refractivity contribution is 9.10. The molecule has 1 saturated heterocycles. The molecule has 2 amide bonds. The van der Waals surface area contributed by atoms with Gasteiger partial charge in [-0.05, 0) is 24.6 Å². The summed E-state index contributed by atoms with van der Waals surface area (Å²) in [5.74, 6) is 0.179. The molecule has 6 heteroatoms. The first-order valence-corrected chi connectivity index (χ1v) is 9.04. The Morgan fingerprint density at radius 3 is 2.70 bits per heavy atom. The second-order valence-electron chi connectivity index (χ2n) is 5.93. The summed E-state index contributed by atoms with van der Waals surface area (Å²) in [4.78, 5) is 27.4. The molecular weight excluding hydrogens is 358 g/mol. The average molecular weight is 383 g/mol. The van der Waals surface area contributed by atoms with Crippen LogP contribution in [-0.4, -0.2) is 56.0 Å². The number of amides is 2. The van der Waals surface area contributed by atoms with Crippen LogP contribution in [0.15, 0.2) is 28.7 Å². The number of nitrogens with one attached hydrogen (secondary N) is 2.